The van der Waals surface area contributed by atoms with Gasteiger partial charge in [0.05, 0.1) is 0 Å². The highest BCUT2D eigenvalue weighted by Gasteiger charge is 2.17. The van der Waals surface area contributed by atoms with E-state index in [2.05, 4.69) is 48.2 Å². The van der Waals surface area contributed by atoms with E-state index in [9.17, 15) is 0 Å². The molecule has 1 heterocycles. The van der Waals surface area contributed by atoms with Gasteiger partial charge in [0.25, 0.3) is 0 Å². The third-order valence-corrected chi connectivity index (χ3v) is 3.30. The minimum Gasteiger partial charge on any atom is -0.295 e. The van der Waals surface area contributed by atoms with E-state index in [0.29, 0.717) is 0 Å². The third-order valence-electron chi connectivity index (χ3n) is 3.30. The summed E-state index contributed by atoms with van der Waals surface area (Å²) in [6.07, 6.45) is 0. The van der Waals surface area contributed by atoms with E-state index in [0.717, 1.165) is 19.6 Å². The van der Waals surface area contributed by atoms with Crippen LogP contribution < -0.4 is 0 Å². The molecule has 0 unspecified atom stereocenters. The van der Waals surface area contributed by atoms with Gasteiger partial charge in [-0.25, -0.2) is 0 Å². The molecule has 0 saturated heterocycles. The molecule has 1 aliphatic rings. The van der Waals surface area contributed by atoms with Gasteiger partial charge in [-0.3, -0.25) is 4.90 Å². The van der Waals surface area contributed by atoms with Crippen LogP contribution in [0.5, 0.6) is 0 Å². The Balaban J connectivity index is 2.14. The molecule has 3 rings (SSSR count). The van der Waals surface area contributed by atoms with Gasteiger partial charge < -0.3 is 0 Å². The van der Waals surface area contributed by atoms with Crippen molar-refractivity contribution in [3.63, 3.8) is 0 Å². The Hall–Kier alpha value is -1.34. The quantitative estimate of drug-likeness (QED) is 0.678. The predicted octanol–water partition coefficient (Wildman–Crippen LogP) is 3.18. The topological polar surface area (TPSA) is 3.24 Å². The summed E-state index contributed by atoms with van der Waals surface area (Å²) in [6, 6.07) is 13.3. The van der Waals surface area contributed by atoms with Crippen molar-refractivity contribution in [2.24, 2.45) is 0 Å². The molecule has 76 valence electrons. The average molecular weight is 197 g/mol. The maximum atomic E-state index is 2.48. The van der Waals surface area contributed by atoms with Gasteiger partial charge >= 0.3 is 0 Å². The monoisotopic (exact) mass is 197 g/mol. The summed E-state index contributed by atoms with van der Waals surface area (Å²) >= 11 is 0. The molecule has 0 N–H and O–H groups in total. The Morgan fingerprint density at radius 1 is 1.00 bits per heavy atom. The molecule has 0 spiro atoms. The van der Waals surface area contributed by atoms with E-state index in [-0.39, 0.29) is 0 Å². The molecule has 1 nitrogen and oxygen atoms in total. The fourth-order valence-corrected chi connectivity index (χ4v) is 2.39. The van der Waals surface area contributed by atoms with Crippen LogP contribution in [-0.4, -0.2) is 11.4 Å². The Bertz CT molecular complexity index is 457. The van der Waals surface area contributed by atoms with Gasteiger partial charge in [0.1, 0.15) is 0 Å². The second kappa shape index (κ2) is 3.35. The van der Waals surface area contributed by atoms with E-state index in [4.69, 9.17) is 0 Å². The van der Waals surface area contributed by atoms with Crippen LogP contribution in [-0.2, 0) is 13.1 Å². The first-order chi connectivity index (χ1) is 7.36. The molecule has 2 aromatic rings. The Labute approximate surface area is 90.3 Å². The zero-order chi connectivity index (χ0) is 10.3. The molecule has 0 atom stereocenters. The van der Waals surface area contributed by atoms with Crippen LogP contribution in [0.3, 0.4) is 0 Å². The zero-order valence-corrected chi connectivity index (χ0v) is 9.03. The van der Waals surface area contributed by atoms with E-state index >= 15 is 0 Å². The third kappa shape index (κ3) is 1.44. The standard InChI is InChI=1S/C14H15N/c1-2-15-9-13-7-11-5-3-4-6-12(11)8-14(13)10-15/h3-8H,2,9-10H2,1H3. The lowest BCUT2D eigenvalue weighted by Gasteiger charge is -2.09. The Kier molecular flexibility index (Phi) is 2.00. The van der Waals surface area contributed by atoms with Gasteiger partial charge in [0.15, 0.2) is 0 Å². The van der Waals surface area contributed by atoms with Crippen molar-refractivity contribution in [3.8, 4) is 0 Å². The summed E-state index contributed by atoms with van der Waals surface area (Å²) in [7, 11) is 0. The van der Waals surface area contributed by atoms with Crippen LogP contribution in [0.25, 0.3) is 10.8 Å². The summed E-state index contributed by atoms with van der Waals surface area (Å²) in [5.74, 6) is 0. The maximum absolute atomic E-state index is 2.48. The van der Waals surface area contributed by atoms with Gasteiger partial charge in [-0.1, -0.05) is 31.2 Å². The van der Waals surface area contributed by atoms with Gasteiger partial charge in [-0.2, -0.15) is 0 Å². The summed E-state index contributed by atoms with van der Waals surface area (Å²) in [4.78, 5) is 2.48. The second-order valence-corrected chi connectivity index (χ2v) is 4.27. The largest absolute Gasteiger partial charge is 0.295 e. The molecule has 0 amide bonds. The van der Waals surface area contributed by atoms with E-state index in [1.165, 1.54) is 21.9 Å². The molecule has 2 aromatic carbocycles. The van der Waals surface area contributed by atoms with Crippen molar-refractivity contribution in [3.05, 3.63) is 47.5 Å². The number of benzene rings is 2. The first-order valence-electron chi connectivity index (χ1n) is 5.59. The van der Waals surface area contributed by atoms with Crippen molar-refractivity contribution < 1.29 is 0 Å². The van der Waals surface area contributed by atoms with Crippen LogP contribution in [0.2, 0.25) is 0 Å². The second-order valence-electron chi connectivity index (χ2n) is 4.27. The minimum atomic E-state index is 1.12. The van der Waals surface area contributed by atoms with Crippen molar-refractivity contribution in [2.75, 3.05) is 6.54 Å². The molecular formula is C14H15N. The van der Waals surface area contributed by atoms with Crippen molar-refractivity contribution in [1.82, 2.24) is 4.90 Å². The highest BCUT2D eigenvalue weighted by molar-refractivity contribution is 5.84. The number of fused-ring (bicyclic) bond motifs is 2. The molecular weight excluding hydrogens is 182 g/mol. The molecule has 0 aliphatic carbocycles. The molecule has 0 fully saturated rings. The lowest BCUT2D eigenvalue weighted by Crippen LogP contribution is -2.14. The lowest BCUT2D eigenvalue weighted by atomic mass is 10.0. The van der Waals surface area contributed by atoms with Crippen LogP contribution in [0.4, 0.5) is 0 Å². The van der Waals surface area contributed by atoms with Crippen LogP contribution in [0, 0.1) is 0 Å². The van der Waals surface area contributed by atoms with Crippen LogP contribution in [0.15, 0.2) is 36.4 Å². The predicted molar refractivity (Wildman–Crippen MR) is 63.7 cm³/mol. The SMILES string of the molecule is CCN1Cc2cc3ccccc3cc2C1. The number of nitrogens with zero attached hydrogens (tertiary/aromatic N) is 1. The van der Waals surface area contributed by atoms with E-state index in [1.807, 2.05) is 0 Å². The fourth-order valence-electron chi connectivity index (χ4n) is 2.39. The van der Waals surface area contributed by atoms with Crippen molar-refractivity contribution in [2.45, 2.75) is 20.0 Å². The zero-order valence-electron chi connectivity index (χ0n) is 9.03. The molecule has 0 radical (unpaired) electrons. The summed E-state index contributed by atoms with van der Waals surface area (Å²) in [6.45, 7) is 5.62. The highest BCUT2D eigenvalue weighted by atomic mass is 15.1. The average Bonchev–Trinajstić information content (AvgIpc) is 2.67. The van der Waals surface area contributed by atoms with Gasteiger partial charge in [0, 0.05) is 13.1 Å². The van der Waals surface area contributed by atoms with E-state index in [1.54, 1.807) is 0 Å². The molecule has 0 aromatic heterocycles. The number of hydrogen-bond acceptors (Lipinski definition) is 1. The molecule has 1 aliphatic heterocycles. The summed E-state index contributed by atoms with van der Waals surface area (Å²) < 4.78 is 0. The van der Waals surface area contributed by atoms with Crippen molar-refractivity contribution in [1.29, 1.82) is 0 Å². The summed E-state index contributed by atoms with van der Waals surface area (Å²) in [5.41, 5.74) is 3.02. The van der Waals surface area contributed by atoms with Gasteiger partial charge in [0.2, 0.25) is 0 Å². The molecule has 0 bridgehead atoms. The molecule has 15 heavy (non-hydrogen) atoms. The first kappa shape index (κ1) is 8.93. The smallest absolute Gasteiger partial charge is 0.0240 e. The fraction of sp³-hybridized carbons (Fsp3) is 0.286. The number of hydrogen-bond donors (Lipinski definition) is 0. The number of rotatable bonds is 1. The van der Waals surface area contributed by atoms with Crippen LogP contribution in [0.1, 0.15) is 18.1 Å². The lowest BCUT2D eigenvalue weighted by molar-refractivity contribution is 0.301. The van der Waals surface area contributed by atoms with Gasteiger partial charge in [-0.05, 0) is 40.6 Å². The van der Waals surface area contributed by atoms with Crippen LogP contribution >= 0.6 is 0 Å². The highest BCUT2D eigenvalue weighted by Crippen LogP contribution is 2.27. The summed E-state index contributed by atoms with van der Waals surface area (Å²) in [5, 5.41) is 2.74. The minimum absolute atomic E-state index is 1.12. The molecule has 0 saturated carbocycles. The maximum Gasteiger partial charge on any atom is 0.0240 e. The normalized spacial score (nSPS) is 15.8. The van der Waals surface area contributed by atoms with Gasteiger partial charge in [-0.15, -0.1) is 0 Å². The molecule has 1 heteroatoms. The van der Waals surface area contributed by atoms with E-state index < -0.39 is 0 Å². The Morgan fingerprint density at radius 3 is 2.00 bits per heavy atom. The Morgan fingerprint density at radius 2 is 1.53 bits per heavy atom. The van der Waals surface area contributed by atoms with Crippen molar-refractivity contribution >= 4 is 10.8 Å². The first-order valence-corrected chi connectivity index (χ1v) is 5.59.